The minimum atomic E-state index is -3.90. The van der Waals surface area contributed by atoms with Crippen LogP contribution in [0.25, 0.3) is 0 Å². The Labute approximate surface area is 195 Å². The highest BCUT2D eigenvalue weighted by molar-refractivity contribution is 7.89. The number of nitrogens with one attached hydrogen (secondary N) is 1. The number of nitrogens with zero attached hydrogens (tertiary/aromatic N) is 2. The van der Waals surface area contributed by atoms with Crippen molar-refractivity contribution in [1.29, 1.82) is 0 Å². The number of amides is 2. The summed E-state index contributed by atoms with van der Waals surface area (Å²) in [4.78, 5) is 27.3. The van der Waals surface area contributed by atoms with Gasteiger partial charge in [-0.1, -0.05) is 48.4 Å². The van der Waals surface area contributed by atoms with Crippen LogP contribution in [0.2, 0.25) is 5.02 Å². The van der Waals surface area contributed by atoms with Crippen LogP contribution >= 0.6 is 11.6 Å². The van der Waals surface area contributed by atoms with Gasteiger partial charge in [0.2, 0.25) is 21.8 Å². The number of benzene rings is 2. The van der Waals surface area contributed by atoms with Gasteiger partial charge in [-0.3, -0.25) is 9.59 Å². The van der Waals surface area contributed by atoms with E-state index < -0.39 is 28.5 Å². The fraction of sp³-hybridized carbons (Fsp3) is 0.391. The molecule has 0 bridgehead atoms. The Bertz CT molecular complexity index is 1040. The van der Waals surface area contributed by atoms with Crippen LogP contribution in [-0.2, 0) is 26.2 Å². The maximum atomic E-state index is 13.2. The van der Waals surface area contributed by atoms with E-state index in [0.29, 0.717) is 11.6 Å². The molecule has 0 heterocycles. The lowest BCUT2D eigenvalue weighted by Crippen LogP contribution is -2.50. The molecule has 1 atom stereocenters. The second kappa shape index (κ2) is 11.4. The molecule has 2 aromatic rings. The second-order valence-electron chi connectivity index (χ2n) is 7.69. The maximum Gasteiger partial charge on any atom is 0.243 e. The number of likely N-dealkylation sites (N-methyl/N-ethyl adjacent to an activating group) is 1. The van der Waals surface area contributed by atoms with Gasteiger partial charge in [-0.2, -0.15) is 4.31 Å². The highest BCUT2D eigenvalue weighted by atomic mass is 35.5. The first kappa shape index (κ1) is 25.8. The van der Waals surface area contributed by atoms with Crippen molar-refractivity contribution >= 4 is 33.4 Å². The van der Waals surface area contributed by atoms with Gasteiger partial charge < -0.3 is 10.2 Å². The molecule has 0 fully saturated rings. The smallest absolute Gasteiger partial charge is 0.243 e. The lowest BCUT2D eigenvalue weighted by Gasteiger charge is -2.30. The number of rotatable bonds is 10. The number of carbonyl (C=O) groups is 2. The molecule has 0 aliphatic carbocycles. The van der Waals surface area contributed by atoms with Crippen LogP contribution in [0.5, 0.6) is 0 Å². The summed E-state index contributed by atoms with van der Waals surface area (Å²) in [7, 11) is -2.56. The summed E-state index contributed by atoms with van der Waals surface area (Å²) in [5.41, 5.74) is 1.89. The van der Waals surface area contributed by atoms with Gasteiger partial charge in [-0.25, -0.2) is 8.42 Å². The molecule has 0 saturated heterocycles. The molecule has 32 heavy (non-hydrogen) atoms. The van der Waals surface area contributed by atoms with Crippen LogP contribution in [0.4, 0.5) is 0 Å². The lowest BCUT2D eigenvalue weighted by atomic mass is 10.1. The summed E-state index contributed by atoms with van der Waals surface area (Å²) < 4.78 is 26.7. The minimum Gasteiger partial charge on any atom is -0.354 e. The summed E-state index contributed by atoms with van der Waals surface area (Å²) in [6.07, 6.45) is 0.770. The lowest BCUT2D eigenvalue weighted by molar-refractivity contribution is -0.140. The molecule has 0 aliphatic rings. The van der Waals surface area contributed by atoms with Gasteiger partial charge in [0.05, 0.1) is 11.4 Å². The van der Waals surface area contributed by atoms with Crippen molar-refractivity contribution in [3.8, 4) is 0 Å². The third kappa shape index (κ3) is 6.79. The molecular formula is C23H30ClN3O4S. The SMILES string of the molecule is CCCNC(=O)[C@H](C)N(Cc1cccc(C)c1)C(=O)CN(C)S(=O)(=O)c1ccc(Cl)cc1. The van der Waals surface area contributed by atoms with E-state index in [9.17, 15) is 18.0 Å². The molecule has 0 aliphatic heterocycles. The van der Waals surface area contributed by atoms with Gasteiger partial charge in [-0.05, 0) is 50.1 Å². The number of hydrogen-bond donors (Lipinski definition) is 1. The molecule has 0 unspecified atom stereocenters. The van der Waals surface area contributed by atoms with Crippen LogP contribution in [-0.4, -0.2) is 55.6 Å². The van der Waals surface area contributed by atoms with Crippen molar-refractivity contribution < 1.29 is 18.0 Å². The Balaban J connectivity index is 2.25. The quantitative estimate of drug-likeness (QED) is 0.566. The minimum absolute atomic E-state index is 0.0381. The molecule has 0 saturated carbocycles. The van der Waals surface area contributed by atoms with Crippen LogP contribution in [0.3, 0.4) is 0 Å². The number of hydrogen-bond acceptors (Lipinski definition) is 4. The number of sulfonamides is 1. The molecule has 0 radical (unpaired) electrons. The summed E-state index contributed by atoms with van der Waals surface area (Å²) in [5, 5.41) is 3.22. The molecule has 9 heteroatoms. The van der Waals surface area contributed by atoms with Crippen molar-refractivity contribution in [3.63, 3.8) is 0 Å². The van der Waals surface area contributed by atoms with Gasteiger partial charge >= 0.3 is 0 Å². The monoisotopic (exact) mass is 479 g/mol. The number of aryl methyl sites for hydroxylation is 1. The van der Waals surface area contributed by atoms with Crippen molar-refractivity contribution in [2.24, 2.45) is 0 Å². The summed E-state index contributed by atoms with van der Waals surface area (Å²) in [5.74, 6) is -0.748. The van der Waals surface area contributed by atoms with Gasteiger partial charge in [-0.15, -0.1) is 0 Å². The molecule has 0 aromatic heterocycles. The molecule has 0 spiro atoms. The fourth-order valence-electron chi connectivity index (χ4n) is 3.14. The van der Waals surface area contributed by atoms with E-state index >= 15 is 0 Å². The topological polar surface area (TPSA) is 86.8 Å². The van der Waals surface area contributed by atoms with Gasteiger partial charge in [0, 0.05) is 25.2 Å². The normalized spacial score (nSPS) is 12.4. The summed E-state index contributed by atoms with van der Waals surface area (Å²) in [6.45, 7) is 5.82. The highest BCUT2D eigenvalue weighted by Gasteiger charge is 2.30. The number of halogens is 1. The van der Waals surface area contributed by atoms with Crippen LogP contribution < -0.4 is 5.32 Å². The van der Waals surface area contributed by atoms with Crippen molar-refractivity contribution in [2.75, 3.05) is 20.1 Å². The van der Waals surface area contributed by atoms with E-state index in [4.69, 9.17) is 11.6 Å². The zero-order valence-electron chi connectivity index (χ0n) is 18.8. The highest BCUT2D eigenvalue weighted by Crippen LogP contribution is 2.18. The van der Waals surface area contributed by atoms with E-state index in [0.717, 1.165) is 21.9 Å². The molecule has 2 rings (SSSR count). The van der Waals surface area contributed by atoms with Crippen LogP contribution in [0.15, 0.2) is 53.4 Å². The molecule has 7 nitrogen and oxygen atoms in total. The largest absolute Gasteiger partial charge is 0.354 e. The summed E-state index contributed by atoms with van der Waals surface area (Å²) >= 11 is 5.85. The van der Waals surface area contributed by atoms with E-state index in [1.165, 1.54) is 36.2 Å². The van der Waals surface area contributed by atoms with Crippen molar-refractivity contribution in [1.82, 2.24) is 14.5 Å². The van der Waals surface area contributed by atoms with Gasteiger partial charge in [0.15, 0.2) is 0 Å². The Hall–Kier alpha value is -2.42. The third-order valence-electron chi connectivity index (χ3n) is 5.03. The second-order valence-corrected chi connectivity index (χ2v) is 10.2. The third-order valence-corrected chi connectivity index (χ3v) is 7.10. The molecule has 174 valence electrons. The predicted molar refractivity (Wildman–Crippen MR) is 126 cm³/mol. The molecule has 1 N–H and O–H groups in total. The Morgan fingerprint density at radius 3 is 2.38 bits per heavy atom. The number of carbonyl (C=O) groups excluding carboxylic acids is 2. The first-order valence-corrected chi connectivity index (χ1v) is 12.2. The molecule has 2 aromatic carbocycles. The first-order chi connectivity index (χ1) is 15.1. The van der Waals surface area contributed by atoms with E-state index in [1.54, 1.807) is 6.92 Å². The van der Waals surface area contributed by atoms with Gasteiger partial charge in [0.1, 0.15) is 6.04 Å². The van der Waals surface area contributed by atoms with Crippen molar-refractivity contribution in [3.05, 3.63) is 64.7 Å². The predicted octanol–water partition coefficient (Wildman–Crippen LogP) is 3.21. The maximum absolute atomic E-state index is 13.2. The average Bonchev–Trinajstić information content (AvgIpc) is 2.75. The molecular weight excluding hydrogens is 450 g/mol. The van der Waals surface area contributed by atoms with Crippen LogP contribution in [0.1, 0.15) is 31.4 Å². The van der Waals surface area contributed by atoms with E-state index in [2.05, 4.69) is 5.32 Å². The Morgan fingerprint density at radius 1 is 1.12 bits per heavy atom. The fourth-order valence-corrected chi connectivity index (χ4v) is 4.38. The van der Waals surface area contributed by atoms with Crippen LogP contribution in [0, 0.1) is 6.92 Å². The molecule has 2 amide bonds. The summed E-state index contributed by atoms with van der Waals surface area (Å²) in [6, 6.07) is 12.6. The van der Waals surface area contributed by atoms with E-state index in [1.807, 2.05) is 38.1 Å². The first-order valence-electron chi connectivity index (χ1n) is 10.4. The Kier molecular flexibility index (Phi) is 9.24. The van der Waals surface area contributed by atoms with Crippen molar-refractivity contribution in [2.45, 2.75) is 44.7 Å². The zero-order valence-corrected chi connectivity index (χ0v) is 20.4. The van der Waals surface area contributed by atoms with E-state index in [-0.39, 0.29) is 17.3 Å². The standard InChI is InChI=1S/C23H30ClN3O4S/c1-5-13-25-23(29)18(3)27(15-19-8-6-7-17(2)14-19)22(28)16-26(4)32(30,31)21-11-9-20(24)10-12-21/h6-12,14,18H,5,13,15-16H2,1-4H3,(H,25,29)/t18-/m0/s1. The average molecular weight is 480 g/mol. The zero-order chi connectivity index (χ0) is 23.9. The Morgan fingerprint density at radius 2 is 1.78 bits per heavy atom. The van der Waals surface area contributed by atoms with Gasteiger partial charge in [0.25, 0.3) is 0 Å².